The van der Waals surface area contributed by atoms with Gasteiger partial charge in [0.25, 0.3) is 0 Å². The number of anilines is 2. The Bertz CT molecular complexity index is 519. The predicted octanol–water partition coefficient (Wildman–Crippen LogP) is 4.29. The molecular formula is C10H6BrCl2N3. The second-order valence-corrected chi connectivity index (χ2v) is 4.56. The van der Waals surface area contributed by atoms with Crippen LogP contribution in [-0.4, -0.2) is 9.97 Å². The van der Waals surface area contributed by atoms with Gasteiger partial charge in [0, 0.05) is 16.4 Å². The Balaban J connectivity index is 2.24. The molecule has 6 heteroatoms. The van der Waals surface area contributed by atoms with Gasteiger partial charge in [0.15, 0.2) is 0 Å². The van der Waals surface area contributed by atoms with Crippen molar-refractivity contribution in [3.05, 3.63) is 45.2 Å². The molecule has 0 saturated carbocycles. The molecule has 0 saturated heterocycles. The standard InChI is InChI=1S/C10H6BrCl2N3/c11-7-5-6(1-2-8(7)12)15-9-3-4-14-10(13)16-9/h1-5H,(H,14,15,16). The molecule has 1 aromatic carbocycles. The normalized spacial score (nSPS) is 10.2. The number of hydrogen-bond acceptors (Lipinski definition) is 3. The number of nitrogens with zero attached hydrogens (tertiary/aromatic N) is 2. The van der Waals surface area contributed by atoms with Crippen LogP contribution in [0.15, 0.2) is 34.9 Å². The zero-order valence-corrected chi connectivity index (χ0v) is 11.0. The van der Waals surface area contributed by atoms with Gasteiger partial charge in [0.1, 0.15) is 5.82 Å². The van der Waals surface area contributed by atoms with Crippen LogP contribution in [0, 0.1) is 0 Å². The number of benzene rings is 1. The van der Waals surface area contributed by atoms with Crippen LogP contribution in [0.3, 0.4) is 0 Å². The molecule has 0 amide bonds. The molecule has 0 radical (unpaired) electrons. The summed E-state index contributed by atoms with van der Waals surface area (Å²) in [4.78, 5) is 7.81. The summed E-state index contributed by atoms with van der Waals surface area (Å²) < 4.78 is 0.819. The van der Waals surface area contributed by atoms with Crippen molar-refractivity contribution in [1.82, 2.24) is 9.97 Å². The quantitative estimate of drug-likeness (QED) is 0.839. The Hall–Kier alpha value is -0.840. The number of nitrogens with one attached hydrogen (secondary N) is 1. The van der Waals surface area contributed by atoms with Gasteiger partial charge in [-0.05, 0) is 51.8 Å². The molecule has 16 heavy (non-hydrogen) atoms. The molecule has 3 nitrogen and oxygen atoms in total. The molecule has 0 unspecified atom stereocenters. The maximum atomic E-state index is 5.89. The molecule has 0 aliphatic rings. The van der Waals surface area contributed by atoms with Gasteiger partial charge in [-0.25, -0.2) is 9.97 Å². The fraction of sp³-hybridized carbons (Fsp3) is 0. The van der Waals surface area contributed by atoms with Crippen LogP contribution >= 0.6 is 39.1 Å². The summed E-state index contributed by atoms with van der Waals surface area (Å²) in [5, 5.41) is 3.95. The van der Waals surface area contributed by atoms with Crippen molar-refractivity contribution in [2.45, 2.75) is 0 Å². The Morgan fingerprint density at radius 1 is 1.19 bits per heavy atom. The number of halogens is 3. The van der Waals surface area contributed by atoms with Gasteiger partial charge in [-0.15, -0.1) is 0 Å². The van der Waals surface area contributed by atoms with Gasteiger partial charge in [-0.3, -0.25) is 0 Å². The van der Waals surface area contributed by atoms with E-state index < -0.39 is 0 Å². The lowest BCUT2D eigenvalue weighted by Gasteiger charge is -2.06. The van der Waals surface area contributed by atoms with Crippen LogP contribution in [-0.2, 0) is 0 Å². The van der Waals surface area contributed by atoms with E-state index in [1.807, 2.05) is 12.1 Å². The smallest absolute Gasteiger partial charge is 0.224 e. The van der Waals surface area contributed by atoms with Crippen LogP contribution in [0.5, 0.6) is 0 Å². The maximum absolute atomic E-state index is 5.89. The Labute approximate surface area is 111 Å². The monoisotopic (exact) mass is 317 g/mol. The molecule has 2 rings (SSSR count). The zero-order chi connectivity index (χ0) is 11.5. The maximum Gasteiger partial charge on any atom is 0.224 e. The third kappa shape index (κ3) is 2.84. The van der Waals surface area contributed by atoms with Gasteiger partial charge in [0.2, 0.25) is 5.28 Å². The SMILES string of the molecule is Clc1nccc(Nc2ccc(Cl)c(Br)c2)n1. The first kappa shape index (κ1) is 11.6. The number of hydrogen-bond donors (Lipinski definition) is 1. The molecule has 1 aromatic heterocycles. The number of aromatic nitrogens is 2. The molecule has 1 N–H and O–H groups in total. The van der Waals surface area contributed by atoms with Crippen LogP contribution in [0.4, 0.5) is 11.5 Å². The van der Waals surface area contributed by atoms with Crippen molar-refractivity contribution in [2.75, 3.05) is 5.32 Å². The molecule has 1 heterocycles. The first-order valence-electron chi connectivity index (χ1n) is 4.36. The predicted molar refractivity (Wildman–Crippen MR) is 69.5 cm³/mol. The fourth-order valence-corrected chi connectivity index (χ4v) is 1.77. The lowest BCUT2D eigenvalue weighted by molar-refractivity contribution is 1.17. The van der Waals surface area contributed by atoms with Gasteiger partial charge >= 0.3 is 0 Å². The molecule has 82 valence electrons. The van der Waals surface area contributed by atoms with Crippen molar-refractivity contribution >= 4 is 50.6 Å². The second-order valence-electron chi connectivity index (χ2n) is 2.96. The van der Waals surface area contributed by atoms with E-state index >= 15 is 0 Å². The van der Waals surface area contributed by atoms with E-state index in [0.717, 1.165) is 10.2 Å². The van der Waals surface area contributed by atoms with E-state index in [0.29, 0.717) is 10.8 Å². The minimum Gasteiger partial charge on any atom is -0.340 e. The van der Waals surface area contributed by atoms with Crippen LogP contribution in [0.25, 0.3) is 0 Å². The average molecular weight is 319 g/mol. The summed E-state index contributed by atoms with van der Waals surface area (Å²) in [5.41, 5.74) is 0.867. The third-order valence-corrected chi connectivity index (χ3v) is 3.21. The second kappa shape index (κ2) is 4.99. The summed E-state index contributed by atoms with van der Waals surface area (Å²) in [6.07, 6.45) is 1.59. The summed E-state index contributed by atoms with van der Waals surface area (Å²) in [5.74, 6) is 0.634. The average Bonchev–Trinajstić information content (AvgIpc) is 2.24. The van der Waals surface area contributed by atoms with E-state index in [2.05, 4.69) is 31.2 Å². The van der Waals surface area contributed by atoms with Crippen molar-refractivity contribution in [2.24, 2.45) is 0 Å². The molecule has 0 bridgehead atoms. The van der Waals surface area contributed by atoms with Crippen LogP contribution in [0.2, 0.25) is 10.3 Å². The van der Waals surface area contributed by atoms with Gasteiger partial charge in [0.05, 0.1) is 5.02 Å². The Morgan fingerprint density at radius 3 is 2.69 bits per heavy atom. The molecule has 2 aromatic rings. The molecule has 0 spiro atoms. The van der Waals surface area contributed by atoms with Crippen molar-refractivity contribution < 1.29 is 0 Å². The molecule has 0 aliphatic carbocycles. The highest BCUT2D eigenvalue weighted by Gasteiger charge is 2.01. The van der Waals surface area contributed by atoms with E-state index in [-0.39, 0.29) is 5.28 Å². The largest absolute Gasteiger partial charge is 0.340 e. The highest BCUT2D eigenvalue weighted by Crippen LogP contribution is 2.26. The third-order valence-electron chi connectivity index (χ3n) is 1.82. The van der Waals surface area contributed by atoms with Crippen LogP contribution in [0.1, 0.15) is 0 Å². The summed E-state index contributed by atoms with van der Waals surface area (Å²) in [6.45, 7) is 0. The van der Waals surface area contributed by atoms with E-state index in [4.69, 9.17) is 23.2 Å². The Kier molecular flexibility index (Phi) is 3.63. The molecule has 0 aliphatic heterocycles. The first-order chi connectivity index (χ1) is 7.65. The van der Waals surface area contributed by atoms with Crippen LogP contribution < -0.4 is 5.32 Å². The Morgan fingerprint density at radius 2 is 2.00 bits per heavy atom. The van der Waals surface area contributed by atoms with Gasteiger partial charge < -0.3 is 5.32 Å². The summed E-state index contributed by atoms with van der Waals surface area (Å²) >= 11 is 14.9. The molecular weight excluding hydrogens is 313 g/mol. The molecule has 0 fully saturated rings. The lowest BCUT2D eigenvalue weighted by Crippen LogP contribution is -1.94. The van der Waals surface area contributed by atoms with Gasteiger partial charge in [-0.2, -0.15) is 0 Å². The topological polar surface area (TPSA) is 37.8 Å². The van der Waals surface area contributed by atoms with Crippen molar-refractivity contribution in [1.29, 1.82) is 0 Å². The van der Waals surface area contributed by atoms with Gasteiger partial charge in [-0.1, -0.05) is 11.6 Å². The minimum atomic E-state index is 0.207. The van der Waals surface area contributed by atoms with Crippen molar-refractivity contribution in [3.8, 4) is 0 Å². The summed E-state index contributed by atoms with van der Waals surface area (Å²) in [7, 11) is 0. The lowest BCUT2D eigenvalue weighted by atomic mass is 10.3. The highest BCUT2D eigenvalue weighted by molar-refractivity contribution is 9.10. The van der Waals surface area contributed by atoms with E-state index in [9.17, 15) is 0 Å². The summed E-state index contributed by atoms with van der Waals surface area (Å²) in [6, 6.07) is 7.23. The van der Waals surface area contributed by atoms with E-state index in [1.165, 1.54) is 0 Å². The molecule has 0 atom stereocenters. The number of rotatable bonds is 2. The zero-order valence-electron chi connectivity index (χ0n) is 7.92. The van der Waals surface area contributed by atoms with E-state index in [1.54, 1.807) is 18.3 Å². The minimum absolute atomic E-state index is 0.207. The first-order valence-corrected chi connectivity index (χ1v) is 5.90. The van der Waals surface area contributed by atoms with Crippen molar-refractivity contribution in [3.63, 3.8) is 0 Å². The highest BCUT2D eigenvalue weighted by atomic mass is 79.9. The fourth-order valence-electron chi connectivity index (χ4n) is 1.13.